The maximum absolute atomic E-state index is 5.35. The lowest BCUT2D eigenvalue weighted by Gasteiger charge is -2.12. The zero-order valence-electron chi connectivity index (χ0n) is 9.40. The SMILES string of the molecule is CNC(Cc1ccco1)c1cc(OC)cs1. The molecule has 0 aromatic carbocycles. The van der Waals surface area contributed by atoms with Crippen molar-refractivity contribution in [1.82, 2.24) is 5.32 Å². The molecular formula is C12H15NO2S. The number of hydrogen-bond acceptors (Lipinski definition) is 4. The van der Waals surface area contributed by atoms with Crippen LogP contribution >= 0.6 is 11.3 Å². The van der Waals surface area contributed by atoms with Crippen LogP contribution in [0.5, 0.6) is 5.75 Å². The van der Waals surface area contributed by atoms with Gasteiger partial charge in [0.2, 0.25) is 0 Å². The van der Waals surface area contributed by atoms with E-state index in [1.807, 2.05) is 24.6 Å². The standard InChI is InChI=1S/C12H15NO2S/c1-13-11(6-9-4-3-5-15-9)12-7-10(14-2)8-16-12/h3-5,7-8,11,13H,6H2,1-2H3. The van der Waals surface area contributed by atoms with Crippen molar-refractivity contribution in [2.75, 3.05) is 14.2 Å². The van der Waals surface area contributed by atoms with Crippen molar-refractivity contribution in [3.63, 3.8) is 0 Å². The Labute approximate surface area is 99.0 Å². The topological polar surface area (TPSA) is 34.4 Å². The minimum atomic E-state index is 0.278. The zero-order valence-corrected chi connectivity index (χ0v) is 10.2. The molecule has 0 amide bonds. The van der Waals surface area contributed by atoms with Crippen LogP contribution < -0.4 is 10.1 Å². The first kappa shape index (κ1) is 11.2. The molecule has 1 unspecified atom stereocenters. The van der Waals surface area contributed by atoms with Gasteiger partial charge < -0.3 is 14.5 Å². The van der Waals surface area contributed by atoms with Crippen LogP contribution in [0.1, 0.15) is 16.7 Å². The molecule has 16 heavy (non-hydrogen) atoms. The Bertz CT molecular complexity index is 422. The van der Waals surface area contributed by atoms with Gasteiger partial charge in [0.1, 0.15) is 11.5 Å². The van der Waals surface area contributed by atoms with Crippen molar-refractivity contribution < 1.29 is 9.15 Å². The van der Waals surface area contributed by atoms with E-state index in [2.05, 4.69) is 11.4 Å². The maximum atomic E-state index is 5.35. The number of hydrogen-bond donors (Lipinski definition) is 1. The predicted molar refractivity (Wildman–Crippen MR) is 65.1 cm³/mol. The smallest absolute Gasteiger partial charge is 0.129 e. The normalized spacial score (nSPS) is 12.6. The lowest BCUT2D eigenvalue weighted by Crippen LogP contribution is -2.17. The Balaban J connectivity index is 2.10. The fourth-order valence-electron chi connectivity index (χ4n) is 1.60. The van der Waals surface area contributed by atoms with Gasteiger partial charge in [-0.2, -0.15) is 0 Å². The van der Waals surface area contributed by atoms with Crippen LogP contribution in [0.4, 0.5) is 0 Å². The van der Waals surface area contributed by atoms with Gasteiger partial charge in [0.15, 0.2) is 0 Å². The van der Waals surface area contributed by atoms with E-state index in [0.717, 1.165) is 17.9 Å². The van der Waals surface area contributed by atoms with Crippen molar-refractivity contribution in [1.29, 1.82) is 0 Å². The minimum Gasteiger partial charge on any atom is -0.496 e. The van der Waals surface area contributed by atoms with Crippen LogP contribution in [0.3, 0.4) is 0 Å². The van der Waals surface area contributed by atoms with Crippen molar-refractivity contribution in [2.45, 2.75) is 12.5 Å². The van der Waals surface area contributed by atoms with Gasteiger partial charge in [0, 0.05) is 22.7 Å². The van der Waals surface area contributed by atoms with E-state index in [-0.39, 0.29) is 6.04 Å². The summed E-state index contributed by atoms with van der Waals surface area (Å²) >= 11 is 1.70. The first-order valence-electron chi connectivity index (χ1n) is 5.15. The van der Waals surface area contributed by atoms with Crippen LogP contribution in [0.15, 0.2) is 34.3 Å². The second-order valence-electron chi connectivity index (χ2n) is 3.51. The van der Waals surface area contributed by atoms with E-state index in [4.69, 9.17) is 9.15 Å². The monoisotopic (exact) mass is 237 g/mol. The average Bonchev–Trinajstić information content (AvgIpc) is 2.96. The van der Waals surface area contributed by atoms with Crippen LogP contribution in [0, 0.1) is 0 Å². The molecule has 0 saturated carbocycles. The number of nitrogens with one attached hydrogen (secondary N) is 1. The molecule has 0 aliphatic heterocycles. The van der Waals surface area contributed by atoms with Crippen molar-refractivity contribution in [3.8, 4) is 5.75 Å². The lowest BCUT2D eigenvalue weighted by atomic mass is 10.1. The molecule has 2 aromatic rings. The van der Waals surface area contributed by atoms with Gasteiger partial charge in [-0.3, -0.25) is 0 Å². The highest BCUT2D eigenvalue weighted by molar-refractivity contribution is 7.10. The van der Waals surface area contributed by atoms with Crippen LogP contribution in [-0.2, 0) is 6.42 Å². The molecule has 1 atom stereocenters. The Morgan fingerprint density at radius 3 is 3.00 bits per heavy atom. The molecule has 2 heterocycles. The lowest BCUT2D eigenvalue weighted by molar-refractivity contribution is 0.415. The summed E-state index contributed by atoms with van der Waals surface area (Å²) in [4.78, 5) is 1.26. The first-order chi connectivity index (χ1) is 7.83. The van der Waals surface area contributed by atoms with Crippen LogP contribution in [-0.4, -0.2) is 14.2 Å². The number of likely N-dealkylation sites (N-methyl/N-ethyl adjacent to an activating group) is 1. The molecule has 0 saturated heterocycles. The molecule has 3 nitrogen and oxygen atoms in total. The summed E-state index contributed by atoms with van der Waals surface area (Å²) in [6.45, 7) is 0. The molecule has 86 valence electrons. The first-order valence-corrected chi connectivity index (χ1v) is 6.03. The van der Waals surface area contributed by atoms with Crippen molar-refractivity contribution in [2.24, 2.45) is 0 Å². The summed E-state index contributed by atoms with van der Waals surface area (Å²) in [7, 11) is 3.65. The van der Waals surface area contributed by atoms with E-state index in [9.17, 15) is 0 Å². The van der Waals surface area contributed by atoms with Gasteiger partial charge in [0.05, 0.1) is 13.4 Å². The maximum Gasteiger partial charge on any atom is 0.129 e. The molecular weight excluding hydrogens is 222 g/mol. The summed E-state index contributed by atoms with van der Waals surface area (Å²) in [6.07, 6.45) is 2.56. The highest BCUT2D eigenvalue weighted by atomic mass is 32.1. The molecule has 0 bridgehead atoms. The minimum absolute atomic E-state index is 0.278. The summed E-state index contributed by atoms with van der Waals surface area (Å²) in [5.41, 5.74) is 0. The Kier molecular flexibility index (Phi) is 3.64. The number of ether oxygens (including phenoxy) is 1. The second-order valence-corrected chi connectivity index (χ2v) is 4.46. The molecule has 2 aromatic heterocycles. The van der Waals surface area contributed by atoms with E-state index < -0.39 is 0 Å². The van der Waals surface area contributed by atoms with Gasteiger partial charge in [-0.1, -0.05) is 0 Å². The van der Waals surface area contributed by atoms with Crippen LogP contribution in [0.2, 0.25) is 0 Å². The third-order valence-corrected chi connectivity index (χ3v) is 3.53. The van der Waals surface area contributed by atoms with E-state index in [1.165, 1.54) is 4.88 Å². The fourth-order valence-corrected chi connectivity index (χ4v) is 2.57. The molecule has 0 aliphatic carbocycles. The molecule has 0 fully saturated rings. The van der Waals surface area contributed by atoms with E-state index >= 15 is 0 Å². The molecule has 1 N–H and O–H groups in total. The van der Waals surface area contributed by atoms with E-state index in [1.54, 1.807) is 24.7 Å². The number of furan rings is 1. The van der Waals surface area contributed by atoms with Crippen LogP contribution in [0.25, 0.3) is 0 Å². The Hall–Kier alpha value is -1.26. The number of thiophene rings is 1. The third kappa shape index (κ3) is 2.46. The summed E-state index contributed by atoms with van der Waals surface area (Å²) in [5, 5.41) is 5.30. The fraction of sp³-hybridized carbons (Fsp3) is 0.333. The molecule has 2 rings (SSSR count). The number of rotatable bonds is 5. The Morgan fingerprint density at radius 2 is 2.44 bits per heavy atom. The highest BCUT2D eigenvalue weighted by Crippen LogP contribution is 2.28. The molecule has 4 heteroatoms. The zero-order chi connectivity index (χ0) is 11.4. The second kappa shape index (κ2) is 5.18. The van der Waals surface area contributed by atoms with Gasteiger partial charge >= 0.3 is 0 Å². The third-order valence-electron chi connectivity index (χ3n) is 2.51. The highest BCUT2D eigenvalue weighted by Gasteiger charge is 2.14. The molecule has 0 radical (unpaired) electrons. The molecule has 0 aliphatic rings. The van der Waals surface area contributed by atoms with Gasteiger partial charge in [0.25, 0.3) is 0 Å². The predicted octanol–water partition coefficient (Wildman–Crippen LogP) is 2.85. The molecule has 0 spiro atoms. The van der Waals surface area contributed by atoms with E-state index in [0.29, 0.717) is 0 Å². The van der Waals surface area contributed by atoms with Gasteiger partial charge in [-0.05, 0) is 25.2 Å². The largest absolute Gasteiger partial charge is 0.496 e. The average molecular weight is 237 g/mol. The van der Waals surface area contributed by atoms with Gasteiger partial charge in [-0.15, -0.1) is 11.3 Å². The van der Waals surface area contributed by atoms with Crippen molar-refractivity contribution >= 4 is 11.3 Å². The van der Waals surface area contributed by atoms with Crippen molar-refractivity contribution in [3.05, 3.63) is 40.5 Å². The van der Waals surface area contributed by atoms with Gasteiger partial charge in [-0.25, -0.2) is 0 Å². The quantitative estimate of drug-likeness (QED) is 0.868. The summed E-state index contributed by atoms with van der Waals surface area (Å²) in [6, 6.07) is 6.25. The number of methoxy groups -OCH3 is 1. The summed E-state index contributed by atoms with van der Waals surface area (Å²) in [5.74, 6) is 1.91. The Morgan fingerprint density at radius 1 is 1.56 bits per heavy atom. The summed E-state index contributed by atoms with van der Waals surface area (Å²) < 4.78 is 10.5.